The molecule has 2 aromatic rings. The predicted molar refractivity (Wildman–Crippen MR) is 61.2 cm³/mol. The van der Waals surface area contributed by atoms with E-state index >= 15 is 0 Å². The standard InChI is InChI=1S/C12H13ClO2/c1-8(7-14)5-10-6-9-3-2-4-11(13)12(9)15-10/h2-4,6,8,14H,5,7H2,1H3. The van der Waals surface area contributed by atoms with Gasteiger partial charge in [0.15, 0.2) is 5.58 Å². The lowest BCUT2D eigenvalue weighted by molar-refractivity contribution is 0.232. The molecular weight excluding hydrogens is 212 g/mol. The molecule has 1 aromatic heterocycles. The Kier molecular flexibility index (Phi) is 2.98. The number of hydrogen-bond acceptors (Lipinski definition) is 2. The van der Waals surface area contributed by atoms with Crippen molar-refractivity contribution in [3.63, 3.8) is 0 Å². The van der Waals surface area contributed by atoms with E-state index in [2.05, 4.69) is 0 Å². The normalized spacial score (nSPS) is 13.3. The summed E-state index contributed by atoms with van der Waals surface area (Å²) in [7, 11) is 0. The summed E-state index contributed by atoms with van der Waals surface area (Å²) in [5.74, 6) is 1.09. The quantitative estimate of drug-likeness (QED) is 0.868. The van der Waals surface area contributed by atoms with Crippen molar-refractivity contribution in [3.8, 4) is 0 Å². The van der Waals surface area contributed by atoms with Crippen LogP contribution in [0, 0.1) is 5.92 Å². The maximum Gasteiger partial charge on any atom is 0.152 e. The Balaban J connectivity index is 2.35. The van der Waals surface area contributed by atoms with E-state index in [4.69, 9.17) is 21.1 Å². The number of furan rings is 1. The monoisotopic (exact) mass is 224 g/mol. The average molecular weight is 225 g/mol. The number of aliphatic hydroxyl groups is 1. The van der Waals surface area contributed by atoms with E-state index in [0.717, 1.165) is 23.2 Å². The molecule has 3 heteroatoms. The Morgan fingerprint density at radius 3 is 2.93 bits per heavy atom. The Morgan fingerprint density at radius 1 is 1.47 bits per heavy atom. The van der Waals surface area contributed by atoms with Crippen molar-refractivity contribution in [1.29, 1.82) is 0 Å². The van der Waals surface area contributed by atoms with Crippen LogP contribution in [0.4, 0.5) is 0 Å². The first-order chi connectivity index (χ1) is 7.20. The molecule has 1 unspecified atom stereocenters. The zero-order valence-corrected chi connectivity index (χ0v) is 9.29. The van der Waals surface area contributed by atoms with Crippen molar-refractivity contribution in [2.75, 3.05) is 6.61 Å². The zero-order valence-electron chi connectivity index (χ0n) is 8.53. The molecule has 1 atom stereocenters. The largest absolute Gasteiger partial charge is 0.459 e. The topological polar surface area (TPSA) is 33.4 Å². The first kappa shape index (κ1) is 10.5. The molecule has 1 aromatic carbocycles. The van der Waals surface area contributed by atoms with Crippen LogP contribution in [-0.2, 0) is 6.42 Å². The highest BCUT2D eigenvalue weighted by Crippen LogP contribution is 2.27. The van der Waals surface area contributed by atoms with Crippen molar-refractivity contribution in [1.82, 2.24) is 0 Å². The third kappa shape index (κ3) is 2.16. The van der Waals surface area contributed by atoms with Gasteiger partial charge in [-0.2, -0.15) is 0 Å². The van der Waals surface area contributed by atoms with Gasteiger partial charge < -0.3 is 9.52 Å². The van der Waals surface area contributed by atoms with Crippen LogP contribution in [0.3, 0.4) is 0 Å². The molecule has 15 heavy (non-hydrogen) atoms. The number of fused-ring (bicyclic) bond motifs is 1. The first-order valence-corrected chi connectivity index (χ1v) is 5.36. The lowest BCUT2D eigenvalue weighted by atomic mass is 10.1. The fourth-order valence-corrected chi connectivity index (χ4v) is 1.81. The van der Waals surface area contributed by atoms with Crippen molar-refractivity contribution in [3.05, 3.63) is 35.0 Å². The lowest BCUT2D eigenvalue weighted by Gasteiger charge is -2.03. The minimum atomic E-state index is 0.171. The highest BCUT2D eigenvalue weighted by atomic mass is 35.5. The molecule has 1 N–H and O–H groups in total. The summed E-state index contributed by atoms with van der Waals surface area (Å²) in [4.78, 5) is 0. The summed E-state index contributed by atoms with van der Waals surface area (Å²) in [5.41, 5.74) is 0.735. The molecule has 0 amide bonds. The van der Waals surface area contributed by atoms with Gasteiger partial charge in [0.25, 0.3) is 0 Å². The number of rotatable bonds is 3. The van der Waals surface area contributed by atoms with E-state index in [-0.39, 0.29) is 12.5 Å². The SMILES string of the molecule is CC(CO)Cc1cc2cccc(Cl)c2o1. The number of para-hydroxylation sites is 1. The molecule has 2 nitrogen and oxygen atoms in total. The van der Waals surface area contributed by atoms with E-state index in [0.29, 0.717) is 5.02 Å². The Labute approximate surface area is 93.5 Å². The van der Waals surface area contributed by atoms with Crippen LogP contribution in [-0.4, -0.2) is 11.7 Å². The predicted octanol–water partition coefficient (Wildman–Crippen LogP) is 3.26. The van der Waals surface area contributed by atoms with Crippen LogP contribution >= 0.6 is 11.6 Å². The number of halogens is 1. The maximum atomic E-state index is 8.96. The van der Waals surface area contributed by atoms with E-state index in [1.165, 1.54) is 0 Å². The molecule has 1 heterocycles. The highest BCUT2D eigenvalue weighted by molar-refractivity contribution is 6.34. The molecule has 0 aliphatic rings. The Morgan fingerprint density at radius 2 is 2.27 bits per heavy atom. The zero-order chi connectivity index (χ0) is 10.8. The van der Waals surface area contributed by atoms with Gasteiger partial charge in [-0.3, -0.25) is 0 Å². The minimum absolute atomic E-state index is 0.171. The van der Waals surface area contributed by atoms with Gasteiger partial charge in [-0.15, -0.1) is 0 Å². The van der Waals surface area contributed by atoms with Gasteiger partial charge in [-0.25, -0.2) is 0 Å². The molecule has 0 radical (unpaired) electrons. The van der Waals surface area contributed by atoms with E-state index in [1.54, 1.807) is 0 Å². The Bertz CT molecular complexity index is 462. The number of hydrogen-bond donors (Lipinski definition) is 1. The van der Waals surface area contributed by atoms with Crippen LogP contribution in [0.2, 0.25) is 5.02 Å². The third-order valence-electron chi connectivity index (χ3n) is 2.41. The second kappa shape index (κ2) is 4.25. The van der Waals surface area contributed by atoms with Gasteiger partial charge in [0.2, 0.25) is 0 Å². The minimum Gasteiger partial charge on any atom is -0.459 e. The summed E-state index contributed by atoms with van der Waals surface area (Å²) < 4.78 is 5.63. The third-order valence-corrected chi connectivity index (χ3v) is 2.71. The number of benzene rings is 1. The van der Waals surface area contributed by atoms with Crippen LogP contribution in [0.1, 0.15) is 12.7 Å². The van der Waals surface area contributed by atoms with Crippen LogP contribution < -0.4 is 0 Å². The molecular formula is C12H13ClO2. The van der Waals surface area contributed by atoms with Gasteiger partial charge in [0, 0.05) is 18.4 Å². The fraction of sp³-hybridized carbons (Fsp3) is 0.333. The summed E-state index contributed by atoms with van der Waals surface area (Å²) in [5, 5.41) is 10.6. The first-order valence-electron chi connectivity index (χ1n) is 4.98. The summed E-state index contributed by atoms with van der Waals surface area (Å²) in [6.07, 6.45) is 0.738. The van der Waals surface area contributed by atoms with Gasteiger partial charge in [0.1, 0.15) is 5.76 Å². The van der Waals surface area contributed by atoms with Gasteiger partial charge in [0.05, 0.1) is 5.02 Å². The molecule has 2 rings (SSSR count). The van der Waals surface area contributed by atoms with Crippen molar-refractivity contribution in [2.24, 2.45) is 5.92 Å². The molecule has 80 valence electrons. The molecule has 0 fully saturated rings. The molecule has 0 aliphatic heterocycles. The van der Waals surface area contributed by atoms with E-state index in [1.807, 2.05) is 31.2 Å². The van der Waals surface area contributed by atoms with Crippen LogP contribution in [0.15, 0.2) is 28.7 Å². The highest BCUT2D eigenvalue weighted by Gasteiger charge is 2.09. The van der Waals surface area contributed by atoms with Gasteiger partial charge in [-0.1, -0.05) is 30.7 Å². The molecule has 0 aliphatic carbocycles. The van der Waals surface area contributed by atoms with E-state index in [9.17, 15) is 0 Å². The second-order valence-corrected chi connectivity index (χ2v) is 4.27. The smallest absolute Gasteiger partial charge is 0.152 e. The van der Waals surface area contributed by atoms with Crippen molar-refractivity contribution < 1.29 is 9.52 Å². The van der Waals surface area contributed by atoms with Crippen molar-refractivity contribution in [2.45, 2.75) is 13.3 Å². The van der Waals surface area contributed by atoms with Crippen LogP contribution in [0.25, 0.3) is 11.0 Å². The van der Waals surface area contributed by atoms with Crippen LogP contribution in [0.5, 0.6) is 0 Å². The van der Waals surface area contributed by atoms with E-state index < -0.39 is 0 Å². The Hall–Kier alpha value is -0.990. The summed E-state index contributed by atoms with van der Waals surface area (Å²) in [6, 6.07) is 7.66. The van der Waals surface area contributed by atoms with Crippen molar-refractivity contribution >= 4 is 22.6 Å². The maximum absolute atomic E-state index is 8.96. The number of aliphatic hydroxyl groups excluding tert-OH is 1. The molecule has 0 spiro atoms. The fourth-order valence-electron chi connectivity index (χ4n) is 1.59. The molecule has 0 saturated heterocycles. The average Bonchev–Trinajstić information content (AvgIpc) is 2.62. The summed E-state index contributed by atoms with van der Waals surface area (Å²) in [6.45, 7) is 2.15. The lowest BCUT2D eigenvalue weighted by Crippen LogP contribution is -2.03. The van der Waals surface area contributed by atoms with Gasteiger partial charge in [-0.05, 0) is 18.1 Å². The summed E-state index contributed by atoms with van der Waals surface area (Å²) >= 11 is 6.00. The molecule has 0 bridgehead atoms. The molecule has 0 saturated carbocycles. The van der Waals surface area contributed by atoms with Gasteiger partial charge >= 0.3 is 0 Å². The second-order valence-electron chi connectivity index (χ2n) is 3.86.